The van der Waals surface area contributed by atoms with Crippen molar-refractivity contribution in [2.24, 2.45) is 11.3 Å². The van der Waals surface area contributed by atoms with Gasteiger partial charge in [0.05, 0.1) is 0 Å². The zero-order chi connectivity index (χ0) is 9.15. The Morgan fingerprint density at radius 1 is 0.769 bits per heavy atom. The first-order valence-corrected chi connectivity index (χ1v) is 6.31. The van der Waals surface area contributed by atoms with E-state index in [0.29, 0.717) is 0 Å². The van der Waals surface area contributed by atoms with Crippen molar-refractivity contribution in [1.82, 2.24) is 0 Å². The molecule has 0 unspecified atom stereocenters. The van der Waals surface area contributed by atoms with Crippen LogP contribution in [0.15, 0.2) is 0 Å². The van der Waals surface area contributed by atoms with E-state index in [9.17, 15) is 0 Å². The van der Waals surface area contributed by atoms with Crippen LogP contribution >= 0.6 is 0 Å². The maximum absolute atomic E-state index is 2.57. The molecule has 2 fully saturated rings. The summed E-state index contributed by atoms with van der Waals surface area (Å²) in [5.74, 6) is 1.08. The number of hydrogen-bond acceptors (Lipinski definition) is 0. The summed E-state index contributed by atoms with van der Waals surface area (Å²) in [7, 11) is 0. The Bertz CT molecular complexity index is 147. The van der Waals surface area contributed by atoms with Gasteiger partial charge in [-0.05, 0) is 37.0 Å². The topological polar surface area (TPSA) is 0 Å². The Morgan fingerprint density at radius 2 is 1.31 bits per heavy atom. The average Bonchev–Trinajstić information content (AvgIpc) is 2.20. The van der Waals surface area contributed by atoms with Crippen LogP contribution in [0.3, 0.4) is 0 Å². The van der Waals surface area contributed by atoms with Gasteiger partial charge in [-0.25, -0.2) is 0 Å². The predicted molar refractivity (Wildman–Crippen MR) is 57.8 cm³/mol. The second kappa shape index (κ2) is 4.02. The lowest BCUT2D eigenvalue weighted by Gasteiger charge is -2.42. The van der Waals surface area contributed by atoms with Gasteiger partial charge < -0.3 is 0 Å². The maximum atomic E-state index is 2.57. The van der Waals surface area contributed by atoms with Gasteiger partial charge in [-0.2, -0.15) is 0 Å². The summed E-state index contributed by atoms with van der Waals surface area (Å²) in [6.45, 7) is 2.57. The van der Waals surface area contributed by atoms with Crippen LogP contribution in [0.1, 0.15) is 71.1 Å². The molecule has 13 heavy (non-hydrogen) atoms. The van der Waals surface area contributed by atoms with Gasteiger partial charge in [-0.15, -0.1) is 0 Å². The summed E-state index contributed by atoms with van der Waals surface area (Å²) < 4.78 is 0. The first-order chi connectivity index (χ1) is 6.31. The van der Waals surface area contributed by atoms with Crippen molar-refractivity contribution >= 4 is 0 Å². The fraction of sp³-hybridized carbons (Fsp3) is 1.00. The molecule has 0 atom stereocenters. The molecule has 0 saturated heterocycles. The molecule has 76 valence electrons. The average molecular weight is 180 g/mol. The molecule has 0 aromatic rings. The molecule has 2 rings (SSSR count). The summed E-state index contributed by atoms with van der Waals surface area (Å²) in [5.41, 5.74) is 0.749. The van der Waals surface area contributed by atoms with E-state index >= 15 is 0 Å². The van der Waals surface area contributed by atoms with E-state index in [2.05, 4.69) is 6.92 Å². The number of rotatable bonds is 1. The van der Waals surface area contributed by atoms with Crippen LogP contribution in [0, 0.1) is 11.3 Å². The molecular weight excluding hydrogens is 156 g/mol. The Labute approximate surface area is 83.1 Å². The third-order valence-electron chi connectivity index (χ3n) is 4.59. The maximum Gasteiger partial charge on any atom is -0.0298 e. The Hall–Kier alpha value is 0. The van der Waals surface area contributed by atoms with Crippen molar-refractivity contribution in [2.75, 3.05) is 0 Å². The summed E-state index contributed by atoms with van der Waals surface area (Å²) in [6, 6.07) is 0. The van der Waals surface area contributed by atoms with E-state index < -0.39 is 0 Å². The highest BCUT2D eigenvalue weighted by molar-refractivity contribution is 4.86. The fourth-order valence-corrected chi connectivity index (χ4v) is 3.57. The van der Waals surface area contributed by atoms with Crippen LogP contribution in [-0.4, -0.2) is 0 Å². The molecule has 0 amide bonds. The van der Waals surface area contributed by atoms with Gasteiger partial charge >= 0.3 is 0 Å². The first-order valence-electron chi connectivity index (χ1n) is 6.31. The summed E-state index contributed by atoms with van der Waals surface area (Å²) in [4.78, 5) is 0. The molecule has 0 aromatic heterocycles. The second-order valence-electron chi connectivity index (χ2n) is 5.55. The Balaban J connectivity index is 1.94. The SMILES string of the molecule is CC1(C2CCCCC2)CCCCC1. The van der Waals surface area contributed by atoms with Gasteiger partial charge in [-0.1, -0.05) is 45.4 Å². The third-order valence-corrected chi connectivity index (χ3v) is 4.59. The van der Waals surface area contributed by atoms with E-state index in [0.717, 1.165) is 11.3 Å². The lowest BCUT2D eigenvalue weighted by molar-refractivity contribution is 0.0876. The molecule has 0 nitrogen and oxygen atoms in total. The van der Waals surface area contributed by atoms with Gasteiger partial charge in [0.2, 0.25) is 0 Å². The predicted octanol–water partition coefficient (Wildman–Crippen LogP) is 4.54. The van der Waals surface area contributed by atoms with E-state index in [-0.39, 0.29) is 0 Å². The van der Waals surface area contributed by atoms with Crippen LogP contribution < -0.4 is 0 Å². The minimum Gasteiger partial charge on any atom is -0.0594 e. The van der Waals surface area contributed by atoms with Crippen LogP contribution in [-0.2, 0) is 0 Å². The van der Waals surface area contributed by atoms with E-state index in [4.69, 9.17) is 0 Å². The van der Waals surface area contributed by atoms with Gasteiger partial charge in [-0.3, -0.25) is 0 Å². The van der Waals surface area contributed by atoms with Crippen molar-refractivity contribution in [3.05, 3.63) is 0 Å². The van der Waals surface area contributed by atoms with Crippen LogP contribution in [0.25, 0.3) is 0 Å². The zero-order valence-electron chi connectivity index (χ0n) is 9.15. The van der Waals surface area contributed by atoms with Crippen LogP contribution in [0.2, 0.25) is 0 Å². The third kappa shape index (κ3) is 2.08. The molecule has 0 bridgehead atoms. The molecule has 2 saturated carbocycles. The Kier molecular flexibility index (Phi) is 2.96. The van der Waals surface area contributed by atoms with E-state index in [1.165, 1.54) is 64.2 Å². The molecule has 0 aromatic carbocycles. The molecule has 0 heterocycles. The lowest BCUT2D eigenvalue weighted by Crippen LogP contribution is -2.31. The van der Waals surface area contributed by atoms with E-state index in [1.54, 1.807) is 0 Å². The van der Waals surface area contributed by atoms with Crippen LogP contribution in [0.5, 0.6) is 0 Å². The normalized spacial score (nSPS) is 30.2. The van der Waals surface area contributed by atoms with Crippen LogP contribution in [0.4, 0.5) is 0 Å². The van der Waals surface area contributed by atoms with Crippen molar-refractivity contribution in [1.29, 1.82) is 0 Å². The molecule has 0 radical (unpaired) electrons. The van der Waals surface area contributed by atoms with Gasteiger partial charge in [0.25, 0.3) is 0 Å². The molecule has 0 N–H and O–H groups in total. The van der Waals surface area contributed by atoms with Crippen molar-refractivity contribution in [2.45, 2.75) is 71.1 Å². The molecule has 0 aliphatic heterocycles. The number of hydrogen-bond donors (Lipinski definition) is 0. The monoisotopic (exact) mass is 180 g/mol. The highest BCUT2D eigenvalue weighted by Crippen LogP contribution is 2.47. The van der Waals surface area contributed by atoms with E-state index in [1.807, 2.05) is 0 Å². The van der Waals surface area contributed by atoms with Crippen molar-refractivity contribution in [3.8, 4) is 0 Å². The minimum atomic E-state index is 0.749. The van der Waals surface area contributed by atoms with Gasteiger partial charge in [0, 0.05) is 0 Å². The molecule has 2 aliphatic carbocycles. The summed E-state index contributed by atoms with van der Waals surface area (Å²) in [5, 5.41) is 0. The molecule has 2 aliphatic rings. The zero-order valence-corrected chi connectivity index (χ0v) is 9.15. The van der Waals surface area contributed by atoms with Crippen molar-refractivity contribution in [3.63, 3.8) is 0 Å². The largest absolute Gasteiger partial charge is 0.0594 e. The molecule has 0 heteroatoms. The van der Waals surface area contributed by atoms with Crippen molar-refractivity contribution < 1.29 is 0 Å². The summed E-state index contributed by atoms with van der Waals surface area (Å²) in [6.07, 6.45) is 15.2. The summed E-state index contributed by atoms with van der Waals surface area (Å²) >= 11 is 0. The minimum absolute atomic E-state index is 0.749. The Morgan fingerprint density at radius 3 is 1.92 bits per heavy atom. The smallest absolute Gasteiger partial charge is 0.0298 e. The van der Waals surface area contributed by atoms with Gasteiger partial charge in [0.15, 0.2) is 0 Å². The lowest BCUT2D eigenvalue weighted by atomic mass is 9.63. The molecule has 0 spiro atoms. The molecular formula is C13H24. The quantitative estimate of drug-likeness (QED) is 0.556. The highest BCUT2D eigenvalue weighted by Gasteiger charge is 2.35. The second-order valence-corrected chi connectivity index (χ2v) is 5.55. The standard InChI is InChI=1S/C13H24/c1-13(10-6-3-7-11-13)12-8-4-2-5-9-12/h12H,2-11H2,1H3. The van der Waals surface area contributed by atoms with Gasteiger partial charge in [0.1, 0.15) is 0 Å². The first kappa shape index (κ1) is 9.55. The fourth-order valence-electron chi connectivity index (χ4n) is 3.57. The highest BCUT2D eigenvalue weighted by atomic mass is 14.4.